The normalized spacial score (nSPS) is 11.7. The molecule has 5 nitrogen and oxygen atoms in total. The van der Waals surface area contributed by atoms with Crippen LogP contribution in [0.3, 0.4) is 0 Å². The summed E-state index contributed by atoms with van der Waals surface area (Å²) in [5, 5.41) is 6.21. The van der Waals surface area contributed by atoms with Gasteiger partial charge in [-0.25, -0.2) is 4.98 Å². The molecule has 0 unspecified atom stereocenters. The van der Waals surface area contributed by atoms with Crippen molar-refractivity contribution in [1.82, 2.24) is 10.1 Å². The summed E-state index contributed by atoms with van der Waals surface area (Å²) in [5.41, 5.74) is -0.0607. The van der Waals surface area contributed by atoms with Gasteiger partial charge < -0.3 is 9.84 Å². The van der Waals surface area contributed by atoms with Crippen molar-refractivity contribution < 1.29 is 22.5 Å². The van der Waals surface area contributed by atoms with Crippen LogP contribution < -0.4 is 5.32 Å². The number of hydrogen-bond acceptors (Lipinski definition) is 4. The van der Waals surface area contributed by atoms with Crippen molar-refractivity contribution in [2.75, 3.05) is 5.32 Å². The molecule has 2 aromatic heterocycles. The van der Waals surface area contributed by atoms with E-state index in [0.29, 0.717) is 11.1 Å². The van der Waals surface area contributed by atoms with Gasteiger partial charge in [0, 0.05) is 11.9 Å². The maximum Gasteiger partial charge on any atom is 0.417 e. The number of alkyl halides is 3. The Morgan fingerprint density at radius 1 is 1.29 bits per heavy atom. The fraction of sp³-hybridized carbons (Fsp3) is 0.133. The third-order valence-electron chi connectivity index (χ3n) is 3.30. The number of hydrogen-bond donors (Lipinski definition) is 1. The van der Waals surface area contributed by atoms with Gasteiger partial charge in [-0.1, -0.05) is 16.8 Å². The van der Waals surface area contributed by atoms with Gasteiger partial charge in [0.05, 0.1) is 27.2 Å². The highest BCUT2D eigenvalue weighted by Gasteiger charge is 2.33. The van der Waals surface area contributed by atoms with E-state index in [-0.39, 0.29) is 17.0 Å². The Morgan fingerprint density at radius 3 is 2.75 bits per heavy atom. The second kappa shape index (κ2) is 5.79. The number of benzene rings is 1. The summed E-state index contributed by atoms with van der Waals surface area (Å²) in [6.07, 6.45) is -3.36. The van der Waals surface area contributed by atoms with E-state index in [1.54, 1.807) is 6.92 Å². The number of carbonyl (C=O) groups is 1. The summed E-state index contributed by atoms with van der Waals surface area (Å²) < 4.78 is 43.5. The van der Waals surface area contributed by atoms with Crippen molar-refractivity contribution in [2.45, 2.75) is 13.1 Å². The lowest BCUT2D eigenvalue weighted by atomic mass is 10.1. The van der Waals surface area contributed by atoms with E-state index in [0.717, 1.165) is 12.1 Å². The summed E-state index contributed by atoms with van der Waals surface area (Å²) in [6.45, 7) is 1.68. The summed E-state index contributed by atoms with van der Waals surface area (Å²) in [5.74, 6) is -0.611. The Morgan fingerprint density at radius 2 is 2.04 bits per heavy atom. The number of aromatic nitrogens is 2. The number of aryl methyl sites for hydroxylation is 1. The van der Waals surface area contributed by atoms with Gasteiger partial charge in [-0.2, -0.15) is 13.2 Å². The van der Waals surface area contributed by atoms with Gasteiger partial charge in [0.15, 0.2) is 0 Å². The largest absolute Gasteiger partial charge is 0.417 e. The minimum Gasteiger partial charge on any atom is -0.336 e. The third kappa shape index (κ3) is 3.05. The average Bonchev–Trinajstić information content (AvgIpc) is 2.89. The van der Waals surface area contributed by atoms with Crippen LogP contribution in [0.15, 0.2) is 35.0 Å². The maximum atomic E-state index is 12.8. The van der Waals surface area contributed by atoms with Gasteiger partial charge >= 0.3 is 6.18 Å². The van der Waals surface area contributed by atoms with Gasteiger partial charge in [0.25, 0.3) is 11.6 Å². The summed E-state index contributed by atoms with van der Waals surface area (Å²) in [4.78, 5) is 16.2. The molecule has 1 aromatic carbocycles. The van der Waals surface area contributed by atoms with Crippen LogP contribution >= 0.6 is 11.6 Å². The highest BCUT2D eigenvalue weighted by molar-refractivity contribution is 6.31. The molecule has 124 valence electrons. The minimum atomic E-state index is -4.61. The van der Waals surface area contributed by atoms with Gasteiger partial charge in [0.2, 0.25) is 0 Å². The summed E-state index contributed by atoms with van der Waals surface area (Å²) >= 11 is 5.54. The average molecular weight is 356 g/mol. The summed E-state index contributed by atoms with van der Waals surface area (Å²) in [7, 11) is 0. The number of pyridine rings is 1. The zero-order chi connectivity index (χ0) is 17.5. The first-order chi connectivity index (χ1) is 11.3. The molecule has 0 saturated carbocycles. The van der Waals surface area contributed by atoms with Crippen molar-refractivity contribution in [3.63, 3.8) is 0 Å². The molecule has 0 aliphatic rings. The zero-order valence-corrected chi connectivity index (χ0v) is 12.9. The molecule has 2 heterocycles. The highest BCUT2D eigenvalue weighted by Crippen LogP contribution is 2.36. The zero-order valence-electron chi connectivity index (χ0n) is 12.1. The van der Waals surface area contributed by atoms with Gasteiger partial charge in [-0.05, 0) is 31.2 Å². The predicted octanol–water partition coefficient (Wildman–Crippen LogP) is 4.46. The molecule has 0 spiro atoms. The van der Waals surface area contributed by atoms with E-state index in [9.17, 15) is 18.0 Å². The Balaban J connectivity index is 1.90. The number of carbonyl (C=O) groups excluding carboxylic acids is 1. The lowest BCUT2D eigenvalue weighted by Crippen LogP contribution is -2.13. The number of halogens is 4. The Hall–Kier alpha value is -2.61. The van der Waals surface area contributed by atoms with Crippen LogP contribution in [0.5, 0.6) is 0 Å². The highest BCUT2D eigenvalue weighted by atomic mass is 35.5. The first-order valence-electron chi connectivity index (χ1n) is 6.66. The van der Waals surface area contributed by atoms with Crippen molar-refractivity contribution >= 4 is 34.3 Å². The van der Waals surface area contributed by atoms with Crippen LogP contribution in [0.4, 0.5) is 18.9 Å². The smallest absolute Gasteiger partial charge is 0.336 e. The van der Waals surface area contributed by atoms with Crippen molar-refractivity contribution in [1.29, 1.82) is 0 Å². The van der Waals surface area contributed by atoms with E-state index >= 15 is 0 Å². The van der Waals surface area contributed by atoms with Crippen LogP contribution in [0, 0.1) is 6.92 Å². The van der Waals surface area contributed by atoms with E-state index in [2.05, 4.69) is 15.5 Å². The van der Waals surface area contributed by atoms with Crippen molar-refractivity contribution in [2.24, 2.45) is 0 Å². The molecule has 1 N–H and O–H groups in total. The third-order valence-corrected chi connectivity index (χ3v) is 3.63. The lowest BCUT2D eigenvalue weighted by molar-refractivity contribution is -0.137. The van der Waals surface area contributed by atoms with Crippen LogP contribution in [0.25, 0.3) is 11.1 Å². The molecular formula is C15H9ClF3N3O2. The van der Waals surface area contributed by atoms with E-state index in [4.69, 9.17) is 16.1 Å². The molecular weight excluding hydrogens is 347 g/mol. The Labute approximate surface area is 138 Å². The fourth-order valence-electron chi connectivity index (χ4n) is 2.09. The monoisotopic (exact) mass is 355 g/mol. The Bertz CT molecular complexity index is 937. The molecule has 0 fully saturated rings. The molecule has 0 radical (unpaired) electrons. The Kier molecular flexibility index (Phi) is 3.92. The molecule has 0 atom stereocenters. The fourth-order valence-corrected chi connectivity index (χ4v) is 2.32. The second-order valence-corrected chi connectivity index (χ2v) is 5.40. The van der Waals surface area contributed by atoms with Crippen molar-refractivity contribution in [3.05, 3.63) is 52.3 Å². The number of nitrogens with zero attached hydrogens (tertiary/aromatic N) is 2. The number of rotatable bonds is 2. The number of fused-ring (bicyclic) bond motifs is 1. The quantitative estimate of drug-likeness (QED) is 0.737. The molecule has 0 aliphatic carbocycles. The van der Waals surface area contributed by atoms with Crippen LogP contribution in [-0.2, 0) is 6.18 Å². The lowest BCUT2D eigenvalue weighted by Gasteiger charge is -2.11. The molecule has 0 aliphatic heterocycles. The molecule has 9 heteroatoms. The van der Waals surface area contributed by atoms with E-state index in [1.165, 1.54) is 18.3 Å². The molecule has 3 aromatic rings. The van der Waals surface area contributed by atoms with Crippen LogP contribution in [0.1, 0.15) is 21.6 Å². The second-order valence-electron chi connectivity index (χ2n) is 4.99. The molecule has 0 saturated heterocycles. The van der Waals surface area contributed by atoms with E-state index in [1.807, 2.05) is 0 Å². The van der Waals surface area contributed by atoms with Gasteiger partial charge in [-0.3, -0.25) is 4.79 Å². The molecule has 24 heavy (non-hydrogen) atoms. The number of amides is 1. The first kappa shape index (κ1) is 16.3. The predicted molar refractivity (Wildman–Crippen MR) is 80.9 cm³/mol. The minimum absolute atomic E-state index is 0.0288. The standard InChI is InChI=1S/C15H9ClF3N3O2/c1-7-10-4-8(6-20-14(10)24-22-7)13(23)21-9-2-3-12(16)11(5-9)15(17,18)19/h2-6H,1H3,(H,21,23). The van der Waals surface area contributed by atoms with Crippen LogP contribution in [-0.4, -0.2) is 16.0 Å². The van der Waals surface area contributed by atoms with Crippen LogP contribution in [0.2, 0.25) is 5.02 Å². The first-order valence-corrected chi connectivity index (χ1v) is 7.03. The number of anilines is 1. The van der Waals surface area contributed by atoms with Gasteiger partial charge in [0.1, 0.15) is 0 Å². The van der Waals surface area contributed by atoms with Gasteiger partial charge in [-0.15, -0.1) is 0 Å². The van der Waals surface area contributed by atoms with Crippen molar-refractivity contribution in [3.8, 4) is 0 Å². The van der Waals surface area contributed by atoms with E-state index < -0.39 is 22.7 Å². The topological polar surface area (TPSA) is 68.0 Å². The summed E-state index contributed by atoms with van der Waals surface area (Å²) in [6, 6.07) is 4.64. The SMILES string of the molecule is Cc1noc2ncc(C(=O)Nc3ccc(Cl)c(C(F)(F)F)c3)cc12. The maximum absolute atomic E-state index is 12.8. The molecule has 1 amide bonds. The number of nitrogens with one attached hydrogen (secondary N) is 1. The molecule has 3 rings (SSSR count). The molecule has 0 bridgehead atoms.